The van der Waals surface area contributed by atoms with Crippen molar-refractivity contribution in [3.8, 4) is 10.6 Å². The topological polar surface area (TPSA) is 68.3 Å². The van der Waals surface area contributed by atoms with Crippen LogP contribution in [0, 0.1) is 6.92 Å². The zero-order valence-electron chi connectivity index (χ0n) is 15.1. The maximum Gasteiger partial charge on any atom is 0.351 e. The van der Waals surface area contributed by atoms with Crippen molar-refractivity contribution in [1.29, 1.82) is 0 Å². The molecule has 0 bridgehead atoms. The number of amides is 1. The molecule has 2 aromatic heterocycles. The van der Waals surface area contributed by atoms with Gasteiger partial charge in [-0.15, -0.1) is 11.3 Å². The number of thiazole rings is 1. The molecule has 1 atom stereocenters. The van der Waals surface area contributed by atoms with Crippen LogP contribution in [0.25, 0.3) is 10.6 Å². The van der Waals surface area contributed by atoms with Crippen LogP contribution in [0.2, 0.25) is 0 Å². The van der Waals surface area contributed by atoms with Crippen molar-refractivity contribution >= 4 is 34.6 Å². The Labute approximate surface area is 166 Å². The molecule has 1 amide bonds. The minimum absolute atomic E-state index is 0.306. The van der Waals surface area contributed by atoms with Crippen LogP contribution in [0.1, 0.15) is 27.9 Å². The fraction of sp³-hybridized carbons (Fsp3) is 0.250. The first-order chi connectivity index (χ1) is 13.0. The van der Waals surface area contributed by atoms with Crippen LogP contribution in [0.5, 0.6) is 0 Å². The van der Waals surface area contributed by atoms with E-state index in [2.05, 4.69) is 10.3 Å². The third-order valence-electron chi connectivity index (χ3n) is 3.96. The van der Waals surface area contributed by atoms with Crippen molar-refractivity contribution in [3.63, 3.8) is 0 Å². The molecule has 3 aromatic rings. The van der Waals surface area contributed by atoms with Crippen LogP contribution in [-0.4, -0.2) is 29.5 Å². The smallest absolute Gasteiger partial charge is 0.351 e. The molecule has 27 heavy (non-hydrogen) atoms. The molecule has 140 valence electrons. The number of carbonyl (C=O) groups is 2. The molecule has 1 aromatic carbocycles. The fourth-order valence-electron chi connectivity index (χ4n) is 2.48. The zero-order chi connectivity index (χ0) is 19.2. The molecule has 5 nitrogen and oxygen atoms in total. The summed E-state index contributed by atoms with van der Waals surface area (Å²) in [5.41, 5.74) is 2.74. The number of esters is 1. The number of nitrogens with zero attached hydrogens (tertiary/aromatic N) is 1. The number of ether oxygens (including phenoxy) is 1. The molecule has 0 aliphatic carbocycles. The third kappa shape index (κ3) is 5.02. The van der Waals surface area contributed by atoms with Gasteiger partial charge in [0.25, 0.3) is 5.91 Å². The molecule has 0 fully saturated rings. The standard InChI is InChI=1S/C20H20N2O3S2/c1-13-17(27-19(22-13)16-9-11-26-12-16)20(24)25-14(2)18(23)21-10-8-15-6-4-3-5-7-15/h3-7,9,11-12,14H,8,10H2,1-2H3,(H,21,23). The summed E-state index contributed by atoms with van der Waals surface area (Å²) >= 11 is 2.86. The van der Waals surface area contributed by atoms with Crippen molar-refractivity contribution in [3.05, 3.63) is 63.3 Å². The van der Waals surface area contributed by atoms with Gasteiger partial charge in [-0.05, 0) is 37.3 Å². The first-order valence-corrected chi connectivity index (χ1v) is 10.3. The van der Waals surface area contributed by atoms with Crippen molar-refractivity contribution in [1.82, 2.24) is 10.3 Å². The highest BCUT2D eigenvalue weighted by atomic mass is 32.1. The monoisotopic (exact) mass is 400 g/mol. The summed E-state index contributed by atoms with van der Waals surface area (Å²) in [6.45, 7) is 3.84. The lowest BCUT2D eigenvalue weighted by Gasteiger charge is -2.13. The number of rotatable bonds is 7. The van der Waals surface area contributed by atoms with Gasteiger partial charge >= 0.3 is 5.97 Å². The van der Waals surface area contributed by atoms with E-state index in [0.717, 1.165) is 22.6 Å². The Morgan fingerprint density at radius 3 is 2.70 bits per heavy atom. The van der Waals surface area contributed by atoms with Crippen LogP contribution >= 0.6 is 22.7 Å². The first kappa shape index (κ1) is 19.3. The fourth-order valence-corrected chi connectivity index (χ4v) is 4.14. The number of benzene rings is 1. The number of hydrogen-bond donors (Lipinski definition) is 1. The van der Waals surface area contributed by atoms with Crippen molar-refractivity contribution < 1.29 is 14.3 Å². The predicted molar refractivity (Wildman–Crippen MR) is 108 cm³/mol. The number of aromatic nitrogens is 1. The van der Waals surface area contributed by atoms with E-state index in [0.29, 0.717) is 17.1 Å². The van der Waals surface area contributed by atoms with Gasteiger partial charge in [0.05, 0.1) is 5.69 Å². The van der Waals surface area contributed by atoms with Crippen LogP contribution < -0.4 is 5.32 Å². The molecule has 0 saturated heterocycles. The first-order valence-electron chi connectivity index (χ1n) is 8.57. The van der Waals surface area contributed by atoms with E-state index in [1.807, 2.05) is 47.2 Å². The summed E-state index contributed by atoms with van der Waals surface area (Å²) in [6.07, 6.45) is -0.134. The molecule has 1 unspecified atom stereocenters. The van der Waals surface area contributed by atoms with Crippen molar-refractivity contribution in [2.45, 2.75) is 26.4 Å². The van der Waals surface area contributed by atoms with Crippen LogP contribution in [0.15, 0.2) is 47.2 Å². The molecule has 1 N–H and O–H groups in total. The molecule has 0 saturated carbocycles. The Bertz CT molecular complexity index is 905. The van der Waals surface area contributed by atoms with E-state index in [1.165, 1.54) is 11.3 Å². The van der Waals surface area contributed by atoms with Crippen molar-refractivity contribution in [2.24, 2.45) is 0 Å². The van der Waals surface area contributed by atoms with Crippen LogP contribution in [0.4, 0.5) is 0 Å². The summed E-state index contributed by atoms with van der Waals surface area (Å²) in [5.74, 6) is -0.823. The minimum atomic E-state index is -0.862. The number of nitrogens with one attached hydrogen (secondary N) is 1. The van der Waals surface area contributed by atoms with Gasteiger partial charge in [-0.3, -0.25) is 4.79 Å². The number of thiophene rings is 1. The second-order valence-electron chi connectivity index (χ2n) is 6.02. The summed E-state index contributed by atoms with van der Waals surface area (Å²) in [6, 6.07) is 11.8. The molecular formula is C20H20N2O3S2. The Hall–Kier alpha value is -2.51. The van der Waals surface area contributed by atoms with Gasteiger partial charge < -0.3 is 10.1 Å². The zero-order valence-corrected chi connectivity index (χ0v) is 16.7. The Kier molecular flexibility index (Phi) is 6.36. The molecule has 7 heteroatoms. The maximum atomic E-state index is 12.4. The van der Waals surface area contributed by atoms with Gasteiger partial charge in [-0.25, -0.2) is 9.78 Å². The Morgan fingerprint density at radius 2 is 2.00 bits per heavy atom. The lowest BCUT2D eigenvalue weighted by molar-refractivity contribution is -0.129. The van der Waals surface area contributed by atoms with E-state index in [9.17, 15) is 9.59 Å². The summed E-state index contributed by atoms with van der Waals surface area (Å²) in [7, 11) is 0. The number of hydrogen-bond acceptors (Lipinski definition) is 6. The molecule has 0 aliphatic rings. The number of carbonyl (C=O) groups excluding carboxylic acids is 2. The van der Waals surface area contributed by atoms with E-state index in [-0.39, 0.29) is 5.91 Å². The second-order valence-corrected chi connectivity index (χ2v) is 7.80. The third-order valence-corrected chi connectivity index (χ3v) is 5.83. The second kappa shape index (κ2) is 8.92. The normalized spacial score (nSPS) is 11.8. The highest BCUT2D eigenvalue weighted by Gasteiger charge is 2.23. The minimum Gasteiger partial charge on any atom is -0.448 e. The molecule has 0 aliphatic heterocycles. The van der Waals surface area contributed by atoms with E-state index in [4.69, 9.17) is 4.74 Å². The predicted octanol–water partition coefficient (Wildman–Crippen LogP) is 4.08. The van der Waals surface area contributed by atoms with Crippen LogP contribution in [0.3, 0.4) is 0 Å². The Balaban J connectivity index is 1.53. The lowest BCUT2D eigenvalue weighted by Crippen LogP contribution is -2.36. The molecule has 2 heterocycles. The van der Waals surface area contributed by atoms with Crippen molar-refractivity contribution in [2.75, 3.05) is 6.54 Å². The van der Waals surface area contributed by atoms with Gasteiger partial charge in [-0.2, -0.15) is 11.3 Å². The summed E-state index contributed by atoms with van der Waals surface area (Å²) < 4.78 is 5.33. The highest BCUT2D eigenvalue weighted by molar-refractivity contribution is 7.17. The molecular weight excluding hydrogens is 380 g/mol. The lowest BCUT2D eigenvalue weighted by atomic mass is 10.1. The maximum absolute atomic E-state index is 12.4. The van der Waals surface area contributed by atoms with Gasteiger partial charge in [0, 0.05) is 17.5 Å². The highest BCUT2D eigenvalue weighted by Crippen LogP contribution is 2.29. The summed E-state index contributed by atoms with van der Waals surface area (Å²) in [5, 5.41) is 7.53. The van der Waals surface area contributed by atoms with Crippen LogP contribution in [-0.2, 0) is 16.0 Å². The van der Waals surface area contributed by atoms with E-state index < -0.39 is 12.1 Å². The van der Waals surface area contributed by atoms with E-state index in [1.54, 1.807) is 25.2 Å². The Morgan fingerprint density at radius 1 is 1.22 bits per heavy atom. The van der Waals surface area contributed by atoms with Gasteiger partial charge in [0.2, 0.25) is 0 Å². The summed E-state index contributed by atoms with van der Waals surface area (Å²) in [4.78, 5) is 29.5. The average Bonchev–Trinajstić information content (AvgIpc) is 3.32. The number of aryl methyl sites for hydroxylation is 1. The molecule has 0 radical (unpaired) electrons. The average molecular weight is 401 g/mol. The largest absolute Gasteiger partial charge is 0.448 e. The quantitative estimate of drug-likeness (QED) is 0.607. The SMILES string of the molecule is Cc1nc(-c2ccsc2)sc1C(=O)OC(C)C(=O)NCCc1ccccc1. The van der Waals surface area contributed by atoms with Gasteiger partial charge in [0.1, 0.15) is 9.88 Å². The van der Waals surface area contributed by atoms with Gasteiger partial charge in [-0.1, -0.05) is 30.3 Å². The van der Waals surface area contributed by atoms with Gasteiger partial charge in [0.15, 0.2) is 6.10 Å². The molecule has 0 spiro atoms. The van der Waals surface area contributed by atoms with E-state index >= 15 is 0 Å². The molecule has 3 rings (SSSR count).